The number of aromatic nitrogens is 4. The predicted molar refractivity (Wildman–Crippen MR) is 109 cm³/mol. The Morgan fingerprint density at radius 1 is 1.21 bits per heavy atom. The van der Waals surface area contributed by atoms with E-state index >= 15 is 0 Å². The van der Waals surface area contributed by atoms with Gasteiger partial charge in [-0.3, -0.25) is 4.40 Å². The summed E-state index contributed by atoms with van der Waals surface area (Å²) in [6.07, 6.45) is 2.24. The number of benzene rings is 1. The van der Waals surface area contributed by atoms with E-state index in [1.807, 2.05) is 13.8 Å². The van der Waals surface area contributed by atoms with Crippen LogP contribution < -0.4 is 5.73 Å². The molecular weight excluding hydrogens is 396 g/mol. The Morgan fingerprint density at radius 3 is 2.62 bits per heavy atom. The van der Waals surface area contributed by atoms with Gasteiger partial charge in [0.05, 0.1) is 21.8 Å². The molecule has 3 aromatic heterocycles. The van der Waals surface area contributed by atoms with E-state index in [0.29, 0.717) is 22.6 Å². The van der Waals surface area contributed by atoms with Gasteiger partial charge in [0, 0.05) is 18.0 Å². The standard InChI is InChI=1S/C20H19F2N5OS/c1-10-4-5-12(20(3,28)19(21)22)6-13(10)15-7-25-18-17(23)26-14(9-27(15)18)16-8-24-11(2)29-16/h4-9,19,28H,1-3H3,(H2,23,26). The fourth-order valence-electron chi connectivity index (χ4n) is 3.15. The van der Waals surface area contributed by atoms with Gasteiger partial charge in [0.25, 0.3) is 6.43 Å². The number of nitrogens with zero attached hydrogens (tertiary/aromatic N) is 4. The van der Waals surface area contributed by atoms with Gasteiger partial charge in [-0.1, -0.05) is 12.1 Å². The van der Waals surface area contributed by atoms with Crippen molar-refractivity contribution in [3.05, 3.63) is 52.9 Å². The Balaban J connectivity index is 1.92. The smallest absolute Gasteiger partial charge is 0.270 e. The maximum absolute atomic E-state index is 13.3. The number of aliphatic hydroxyl groups is 1. The molecule has 0 saturated heterocycles. The number of fused-ring (bicyclic) bond motifs is 1. The molecule has 0 aliphatic carbocycles. The van der Waals surface area contributed by atoms with Crippen molar-refractivity contribution in [2.24, 2.45) is 0 Å². The average Bonchev–Trinajstić information content (AvgIpc) is 3.28. The highest BCUT2D eigenvalue weighted by Gasteiger charge is 2.34. The first-order chi connectivity index (χ1) is 13.7. The second-order valence-electron chi connectivity index (χ2n) is 7.07. The summed E-state index contributed by atoms with van der Waals surface area (Å²) in [5.41, 5.74) is 7.30. The molecule has 4 rings (SSSR count). The highest BCUT2D eigenvalue weighted by atomic mass is 32.1. The molecule has 1 unspecified atom stereocenters. The van der Waals surface area contributed by atoms with E-state index in [2.05, 4.69) is 15.0 Å². The predicted octanol–water partition coefficient (Wildman–Crippen LogP) is 4.19. The van der Waals surface area contributed by atoms with Crippen molar-refractivity contribution >= 4 is 22.8 Å². The molecule has 0 saturated carbocycles. The number of hydrogen-bond donors (Lipinski definition) is 2. The minimum Gasteiger partial charge on any atom is -0.381 e. The van der Waals surface area contributed by atoms with Crippen LogP contribution in [0.4, 0.5) is 14.6 Å². The normalized spacial score (nSPS) is 13.9. The molecule has 3 N–H and O–H groups in total. The molecule has 0 radical (unpaired) electrons. The van der Waals surface area contributed by atoms with Crippen molar-refractivity contribution in [1.82, 2.24) is 19.4 Å². The van der Waals surface area contributed by atoms with Crippen LogP contribution in [0, 0.1) is 13.8 Å². The van der Waals surface area contributed by atoms with Gasteiger partial charge in [0.15, 0.2) is 11.5 Å². The zero-order valence-electron chi connectivity index (χ0n) is 16.0. The number of rotatable bonds is 4. The molecule has 1 atom stereocenters. The highest BCUT2D eigenvalue weighted by molar-refractivity contribution is 7.15. The first-order valence-electron chi connectivity index (χ1n) is 8.87. The summed E-state index contributed by atoms with van der Waals surface area (Å²) in [4.78, 5) is 13.9. The van der Waals surface area contributed by atoms with Gasteiger partial charge in [-0.25, -0.2) is 23.7 Å². The molecule has 3 heterocycles. The van der Waals surface area contributed by atoms with Gasteiger partial charge < -0.3 is 10.8 Å². The number of thiazole rings is 1. The number of imidazole rings is 1. The first kappa shape index (κ1) is 19.4. The van der Waals surface area contributed by atoms with E-state index in [1.54, 1.807) is 35.1 Å². The monoisotopic (exact) mass is 415 g/mol. The van der Waals surface area contributed by atoms with Crippen LogP contribution in [0.3, 0.4) is 0 Å². The third-order valence-corrected chi connectivity index (χ3v) is 5.85. The van der Waals surface area contributed by atoms with Crippen LogP contribution in [-0.4, -0.2) is 30.9 Å². The third-order valence-electron chi connectivity index (χ3n) is 4.91. The molecule has 29 heavy (non-hydrogen) atoms. The minimum absolute atomic E-state index is 0.128. The van der Waals surface area contributed by atoms with E-state index in [1.165, 1.54) is 17.4 Å². The Kier molecular flexibility index (Phi) is 4.59. The summed E-state index contributed by atoms with van der Waals surface area (Å²) in [5, 5.41) is 11.1. The Morgan fingerprint density at radius 2 is 1.97 bits per heavy atom. The second kappa shape index (κ2) is 6.85. The molecule has 0 aliphatic heterocycles. The molecule has 9 heteroatoms. The molecule has 0 bridgehead atoms. The molecule has 4 aromatic rings. The Bertz CT molecular complexity index is 1220. The van der Waals surface area contributed by atoms with Crippen molar-refractivity contribution < 1.29 is 13.9 Å². The summed E-state index contributed by atoms with van der Waals surface area (Å²) in [7, 11) is 0. The largest absolute Gasteiger partial charge is 0.381 e. The summed E-state index contributed by atoms with van der Waals surface area (Å²) < 4.78 is 28.4. The Hall–Kier alpha value is -2.91. The topological polar surface area (TPSA) is 89.3 Å². The molecule has 0 amide bonds. The minimum atomic E-state index is -2.92. The number of nitrogens with two attached hydrogens (primary N) is 1. The third kappa shape index (κ3) is 3.26. The van der Waals surface area contributed by atoms with Crippen LogP contribution in [0.15, 0.2) is 36.8 Å². The van der Waals surface area contributed by atoms with E-state index < -0.39 is 12.0 Å². The lowest BCUT2D eigenvalue weighted by Crippen LogP contribution is -2.30. The highest BCUT2D eigenvalue weighted by Crippen LogP contribution is 2.34. The molecule has 150 valence electrons. The summed E-state index contributed by atoms with van der Waals surface area (Å²) in [6.45, 7) is 4.88. The summed E-state index contributed by atoms with van der Waals surface area (Å²) in [5.74, 6) is 0.258. The second-order valence-corrected chi connectivity index (χ2v) is 8.30. The molecule has 6 nitrogen and oxygen atoms in total. The fourth-order valence-corrected chi connectivity index (χ4v) is 3.88. The van der Waals surface area contributed by atoms with Crippen LogP contribution in [0.5, 0.6) is 0 Å². The zero-order valence-corrected chi connectivity index (χ0v) is 16.8. The van der Waals surface area contributed by atoms with Crippen LogP contribution in [0.2, 0.25) is 0 Å². The summed E-state index contributed by atoms with van der Waals surface area (Å²) >= 11 is 1.50. The van der Waals surface area contributed by atoms with Crippen LogP contribution in [0.25, 0.3) is 27.5 Å². The van der Waals surface area contributed by atoms with Gasteiger partial charge in [-0.2, -0.15) is 0 Å². The lowest BCUT2D eigenvalue weighted by Gasteiger charge is -2.23. The quantitative estimate of drug-likeness (QED) is 0.522. The van der Waals surface area contributed by atoms with Gasteiger partial charge in [-0.05, 0) is 38.0 Å². The maximum Gasteiger partial charge on any atom is 0.270 e. The van der Waals surface area contributed by atoms with Crippen molar-refractivity contribution in [1.29, 1.82) is 0 Å². The van der Waals surface area contributed by atoms with Gasteiger partial charge in [-0.15, -0.1) is 11.3 Å². The van der Waals surface area contributed by atoms with Crippen molar-refractivity contribution in [3.63, 3.8) is 0 Å². The number of alkyl halides is 2. The number of aryl methyl sites for hydroxylation is 2. The lowest BCUT2D eigenvalue weighted by molar-refractivity contribution is -0.0883. The number of nitrogen functional groups attached to an aromatic ring is 1. The molecule has 0 fully saturated rings. The van der Waals surface area contributed by atoms with E-state index in [9.17, 15) is 13.9 Å². The fraction of sp³-hybridized carbons (Fsp3) is 0.250. The van der Waals surface area contributed by atoms with Crippen LogP contribution >= 0.6 is 11.3 Å². The number of halogens is 2. The van der Waals surface area contributed by atoms with Crippen molar-refractivity contribution in [2.45, 2.75) is 32.8 Å². The van der Waals surface area contributed by atoms with Gasteiger partial charge >= 0.3 is 0 Å². The van der Waals surface area contributed by atoms with Crippen LogP contribution in [-0.2, 0) is 5.60 Å². The van der Waals surface area contributed by atoms with Gasteiger partial charge in [0.1, 0.15) is 11.3 Å². The lowest BCUT2D eigenvalue weighted by atomic mass is 9.92. The van der Waals surface area contributed by atoms with Crippen molar-refractivity contribution in [3.8, 4) is 21.8 Å². The summed E-state index contributed by atoms with van der Waals surface area (Å²) in [6, 6.07) is 4.78. The first-order valence-corrected chi connectivity index (χ1v) is 9.68. The number of hydrogen-bond acceptors (Lipinski definition) is 6. The molecule has 0 aliphatic rings. The molecule has 1 aromatic carbocycles. The van der Waals surface area contributed by atoms with Crippen LogP contribution in [0.1, 0.15) is 23.1 Å². The maximum atomic E-state index is 13.3. The van der Waals surface area contributed by atoms with Gasteiger partial charge in [0.2, 0.25) is 0 Å². The van der Waals surface area contributed by atoms with Crippen molar-refractivity contribution in [2.75, 3.05) is 5.73 Å². The molecule has 0 spiro atoms. The van der Waals surface area contributed by atoms with E-state index in [-0.39, 0.29) is 11.4 Å². The SMILES string of the molecule is Cc1ncc(-c2cn3c(-c4cc(C(C)(O)C(F)F)ccc4C)cnc3c(N)n2)s1. The Labute approximate surface area is 169 Å². The molecular formula is C20H19F2N5OS. The number of anilines is 1. The van der Waals surface area contributed by atoms with E-state index in [4.69, 9.17) is 5.73 Å². The zero-order chi connectivity index (χ0) is 20.9. The van der Waals surface area contributed by atoms with E-state index in [0.717, 1.165) is 22.4 Å². The average molecular weight is 415 g/mol.